The van der Waals surface area contributed by atoms with E-state index in [0.717, 1.165) is 16.8 Å². The molecule has 1 heterocycles. The van der Waals surface area contributed by atoms with E-state index >= 15 is 0 Å². The van der Waals surface area contributed by atoms with Gasteiger partial charge in [0.05, 0.1) is 31.8 Å². The van der Waals surface area contributed by atoms with Crippen molar-refractivity contribution < 1.29 is 23.9 Å². The highest BCUT2D eigenvalue weighted by molar-refractivity contribution is 6.02. The summed E-state index contributed by atoms with van der Waals surface area (Å²) in [5, 5.41) is 0. The molecule has 2 N–H and O–H groups in total. The molecule has 32 heavy (non-hydrogen) atoms. The molecule has 0 aliphatic rings. The molecular formula is C25H26N2O5. The van der Waals surface area contributed by atoms with Gasteiger partial charge < -0.3 is 19.8 Å². The van der Waals surface area contributed by atoms with Crippen molar-refractivity contribution in [2.24, 2.45) is 5.73 Å². The van der Waals surface area contributed by atoms with Crippen LogP contribution < -0.4 is 5.73 Å². The number of hydrogen-bond acceptors (Lipinski definition) is 5. The molecule has 1 aromatic heterocycles. The average molecular weight is 434 g/mol. The quantitative estimate of drug-likeness (QED) is 0.547. The van der Waals surface area contributed by atoms with Gasteiger partial charge in [0.15, 0.2) is 0 Å². The molecule has 0 aliphatic heterocycles. The van der Waals surface area contributed by atoms with E-state index in [-0.39, 0.29) is 12.4 Å². The van der Waals surface area contributed by atoms with Crippen molar-refractivity contribution in [3.8, 4) is 11.1 Å². The van der Waals surface area contributed by atoms with Gasteiger partial charge in [-0.15, -0.1) is 0 Å². The third-order valence-corrected chi connectivity index (χ3v) is 5.45. The van der Waals surface area contributed by atoms with Crippen LogP contribution in [0.25, 0.3) is 11.1 Å². The van der Waals surface area contributed by atoms with E-state index in [1.165, 1.54) is 14.2 Å². The summed E-state index contributed by atoms with van der Waals surface area (Å²) in [5.41, 5.74) is 10.5. The predicted octanol–water partition coefficient (Wildman–Crippen LogP) is 3.50. The Balaban J connectivity index is 2.18. The van der Waals surface area contributed by atoms with Crippen molar-refractivity contribution in [1.82, 2.24) is 4.57 Å². The molecule has 0 aliphatic carbocycles. The maximum absolute atomic E-state index is 12.5. The van der Waals surface area contributed by atoms with Crippen molar-refractivity contribution in [3.63, 3.8) is 0 Å². The lowest BCUT2D eigenvalue weighted by Crippen LogP contribution is -2.13. The molecule has 7 heteroatoms. The third kappa shape index (κ3) is 4.72. The number of rotatable bonds is 8. The molecule has 0 unspecified atom stereocenters. The van der Waals surface area contributed by atoms with Crippen LogP contribution >= 0.6 is 0 Å². The first-order valence-corrected chi connectivity index (χ1v) is 10.2. The van der Waals surface area contributed by atoms with Crippen LogP contribution in [0.4, 0.5) is 0 Å². The maximum Gasteiger partial charge on any atom is 0.337 e. The Morgan fingerprint density at radius 2 is 1.59 bits per heavy atom. The number of carbonyl (C=O) groups is 3. The number of aromatic nitrogens is 1. The SMILES string of the molecule is COC(=O)CCc1c(-c2ccc(C(=O)OC)cc2)c(C(N)=O)c(C)n1Cc1ccccc1. The zero-order valence-electron chi connectivity index (χ0n) is 18.4. The summed E-state index contributed by atoms with van der Waals surface area (Å²) in [7, 11) is 2.66. The first-order chi connectivity index (χ1) is 15.4. The number of nitrogens with two attached hydrogens (primary N) is 1. The number of primary amides is 1. The highest BCUT2D eigenvalue weighted by atomic mass is 16.5. The first-order valence-electron chi connectivity index (χ1n) is 10.2. The molecule has 7 nitrogen and oxygen atoms in total. The maximum atomic E-state index is 12.5. The minimum absolute atomic E-state index is 0.153. The van der Waals surface area contributed by atoms with Crippen molar-refractivity contribution in [2.45, 2.75) is 26.3 Å². The summed E-state index contributed by atoms with van der Waals surface area (Å²) in [4.78, 5) is 36.2. The fourth-order valence-electron chi connectivity index (χ4n) is 3.86. The van der Waals surface area contributed by atoms with Crippen molar-refractivity contribution >= 4 is 17.8 Å². The van der Waals surface area contributed by atoms with Crippen molar-refractivity contribution in [2.75, 3.05) is 14.2 Å². The summed E-state index contributed by atoms with van der Waals surface area (Å²) >= 11 is 0. The number of hydrogen-bond donors (Lipinski definition) is 1. The molecule has 0 bridgehead atoms. The van der Waals surface area contributed by atoms with Gasteiger partial charge in [-0.25, -0.2) is 4.79 Å². The Kier molecular flexibility index (Phi) is 7.10. The summed E-state index contributed by atoms with van der Waals surface area (Å²) < 4.78 is 11.6. The first kappa shape index (κ1) is 22.8. The molecule has 3 aromatic rings. The number of nitrogens with zero attached hydrogens (tertiary/aromatic N) is 1. The molecule has 166 valence electrons. The van der Waals surface area contributed by atoms with Crippen LogP contribution in [0, 0.1) is 6.92 Å². The summed E-state index contributed by atoms with van der Waals surface area (Å²) in [6.07, 6.45) is 0.516. The molecule has 2 aromatic carbocycles. The van der Waals surface area contributed by atoms with E-state index < -0.39 is 11.9 Å². The Bertz CT molecular complexity index is 1130. The fourth-order valence-corrected chi connectivity index (χ4v) is 3.86. The highest BCUT2D eigenvalue weighted by Gasteiger charge is 2.25. The zero-order valence-corrected chi connectivity index (χ0v) is 18.4. The van der Waals surface area contributed by atoms with Gasteiger partial charge in [0.2, 0.25) is 0 Å². The second-order valence-corrected chi connectivity index (χ2v) is 7.36. The normalized spacial score (nSPS) is 10.6. The summed E-state index contributed by atoms with van der Waals surface area (Å²) in [6, 6.07) is 16.6. The number of carbonyl (C=O) groups excluding carboxylic acids is 3. The van der Waals surface area contributed by atoms with Crippen LogP contribution in [-0.4, -0.2) is 36.6 Å². The second-order valence-electron chi connectivity index (χ2n) is 7.36. The van der Waals surface area contributed by atoms with Gasteiger partial charge in [-0.1, -0.05) is 42.5 Å². The highest BCUT2D eigenvalue weighted by Crippen LogP contribution is 2.34. The van der Waals surface area contributed by atoms with E-state index in [1.807, 2.05) is 41.8 Å². The zero-order chi connectivity index (χ0) is 23.3. The van der Waals surface area contributed by atoms with E-state index in [1.54, 1.807) is 24.3 Å². The standard InChI is InChI=1S/C25H26N2O5/c1-16-22(24(26)29)23(18-9-11-19(12-10-18)25(30)32-3)20(13-14-21(28)31-2)27(16)15-17-7-5-4-6-8-17/h4-12H,13-15H2,1-3H3,(H2,26,29). The lowest BCUT2D eigenvalue weighted by atomic mass is 9.97. The van der Waals surface area contributed by atoms with Crippen LogP contribution in [0.15, 0.2) is 54.6 Å². The second kappa shape index (κ2) is 9.96. The summed E-state index contributed by atoms with van der Waals surface area (Å²) in [6.45, 7) is 2.36. The van der Waals surface area contributed by atoms with E-state index in [4.69, 9.17) is 15.2 Å². The topological polar surface area (TPSA) is 101 Å². The van der Waals surface area contributed by atoms with Crippen LogP contribution in [0.3, 0.4) is 0 Å². The average Bonchev–Trinajstić information content (AvgIpc) is 3.09. The molecule has 0 spiro atoms. The molecular weight excluding hydrogens is 408 g/mol. The van der Waals surface area contributed by atoms with Crippen LogP contribution in [0.2, 0.25) is 0 Å². The van der Waals surface area contributed by atoms with Gasteiger partial charge in [-0.05, 0) is 36.6 Å². The minimum atomic E-state index is -0.555. The number of benzene rings is 2. The summed E-state index contributed by atoms with van der Waals surface area (Å²) in [5.74, 6) is -1.35. The minimum Gasteiger partial charge on any atom is -0.469 e. The number of esters is 2. The van der Waals surface area contributed by atoms with E-state index in [9.17, 15) is 14.4 Å². The van der Waals surface area contributed by atoms with Crippen molar-refractivity contribution in [1.29, 1.82) is 0 Å². The Hall–Kier alpha value is -3.87. The Labute approximate surface area is 186 Å². The van der Waals surface area contributed by atoms with E-state index in [2.05, 4.69) is 0 Å². The van der Waals surface area contributed by atoms with Crippen molar-refractivity contribution in [3.05, 3.63) is 82.7 Å². The molecule has 0 saturated heterocycles. The van der Waals surface area contributed by atoms with E-state index in [0.29, 0.717) is 35.3 Å². The fraction of sp³-hybridized carbons (Fsp3) is 0.240. The predicted molar refractivity (Wildman–Crippen MR) is 120 cm³/mol. The third-order valence-electron chi connectivity index (χ3n) is 5.45. The van der Waals surface area contributed by atoms with Crippen LogP contribution in [-0.2, 0) is 27.2 Å². The number of ether oxygens (including phenoxy) is 2. The van der Waals surface area contributed by atoms with Gasteiger partial charge in [-0.3, -0.25) is 9.59 Å². The van der Waals surface area contributed by atoms with Gasteiger partial charge in [-0.2, -0.15) is 0 Å². The van der Waals surface area contributed by atoms with Gasteiger partial charge >= 0.3 is 11.9 Å². The Morgan fingerprint density at radius 3 is 2.16 bits per heavy atom. The number of amides is 1. The van der Waals surface area contributed by atoms with Gasteiger partial charge in [0.25, 0.3) is 5.91 Å². The monoisotopic (exact) mass is 434 g/mol. The molecule has 1 amide bonds. The largest absolute Gasteiger partial charge is 0.469 e. The van der Waals surface area contributed by atoms with Gasteiger partial charge in [0.1, 0.15) is 0 Å². The Morgan fingerprint density at radius 1 is 0.938 bits per heavy atom. The van der Waals surface area contributed by atoms with Gasteiger partial charge in [0, 0.05) is 23.5 Å². The molecule has 0 saturated carbocycles. The smallest absolute Gasteiger partial charge is 0.337 e. The molecule has 0 atom stereocenters. The molecule has 0 fully saturated rings. The molecule has 3 rings (SSSR count). The molecule has 0 radical (unpaired) electrons. The van der Waals surface area contributed by atoms with Crippen LogP contribution in [0.1, 0.15) is 44.1 Å². The lowest BCUT2D eigenvalue weighted by Gasteiger charge is -2.13. The lowest BCUT2D eigenvalue weighted by molar-refractivity contribution is -0.140. The number of methoxy groups -OCH3 is 2. The van der Waals surface area contributed by atoms with Crippen LogP contribution in [0.5, 0.6) is 0 Å².